The van der Waals surface area contributed by atoms with Crippen molar-refractivity contribution in [3.05, 3.63) is 24.0 Å². The predicted octanol–water partition coefficient (Wildman–Crippen LogP) is 4.20. The molecule has 0 saturated heterocycles. The number of nitrogens with one attached hydrogen (secondary N) is 1. The predicted molar refractivity (Wildman–Crippen MR) is 82.1 cm³/mol. The molecule has 0 radical (unpaired) electrons. The van der Waals surface area contributed by atoms with Gasteiger partial charge in [-0.05, 0) is 43.2 Å². The van der Waals surface area contributed by atoms with Crippen LogP contribution in [0.15, 0.2) is 18.3 Å². The molecule has 108 valence electrons. The van der Waals surface area contributed by atoms with E-state index in [9.17, 15) is 0 Å². The monoisotopic (exact) mass is 262 g/mol. The normalized spacial score (nSPS) is 24.0. The Balaban J connectivity index is 1.91. The lowest BCUT2D eigenvalue weighted by atomic mass is 9.78. The zero-order chi connectivity index (χ0) is 13.7. The average Bonchev–Trinajstić information content (AvgIpc) is 2.84. The maximum absolute atomic E-state index is 3.83. The Morgan fingerprint density at radius 3 is 2.84 bits per heavy atom. The topological polar surface area (TPSA) is 17.0 Å². The van der Waals surface area contributed by atoms with Crippen LogP contribution in [0.4, 0.5) is 0 Å². The van der Waals surface area contributed by atoms with Crippen LogP contribution in [0.25, 0.3) is 0 Å². The SMILES string of the molecule is CCCn1cccc1CNC1CCCCC1C(C)C. The Morgan fingerprint density at radius 2 is 2.11 bits per heavy atom. The van der Waals surface area contributed by atoms with Crippen molar-refractivity contribution in [2.24, 2.45) is 11.8 Å². The molecule has 1 aromatic heterocycles. The van der Waals surface area contributed by atoms with Gasteiger partial charge in [0.25, 0.3) is 0 Å². The van der Waals surface area contributed by atoms with Crippen LogP contribution >= 0.6 is 0 Å². The summed E-state index contributed by atoms with van der Waals surface area (Å²) < 4.78 is 2.39. The Kier molecular flexibility index (Phi) is 5.50. The number of hydrogen-bond acceptors (Lipinski definition) is 1. The second-order valence-electron chi connectivity index (χ2n) is 6.37. The van der Waals surface area contributed by atoms with Crippen LogP contribution in [0, 0.1) is 11.8 Å². The van der Waals surface area contributed by atoms with E-state index in [1.54, 1.807) is 0 Å². The second-order valence-corrected chi connectivity index (χ2v) is 6.37. The zero-order valence-corrected chi connectivity index (χ0v) is 12.9. The van der Waals surface area contributed by atoms with E-state index in [2.05, 4.69) is 49.0 Å². The number of aryl methyl sites for hydroxylation is 1. The van der Waals surface area contributed by atoms with E-state index in [0.29, 0.717) is 0 Å². The molecule has 2 atom stereocenters. The molecule has 0 aliphatic heterocycles. The van der Waals surface area contributed by atoms with Crippen molar-refractivity contribution in [1.29, 1.82) is 0 Å². The van der Waals surface area contributed by atoms with Gasteiger partial charge >= 0.3 is 0 Å². The second kappa shape index (κ2) is 7.14. The van der Waals surface area contributed by atoms with E-state index in [4.69, 9.17) is 0 Å². The average molecular weight is 262 g/mol. The fraction of sp³-hybridized carbons (Fsp3) is 0.765. The van der Waals surface area contributed by atoms with Gasteiger partial charge in [-0.3, -0.25) is 0 Å². The molecule has 2 heteroatoms. The fourth-order valence-electron chi connectivity index (χ4n) is 3.52. The summed E-state index contributed by atoms with van der Waals surface area (Å²) in [5, 5.41) is 3.83. The summed E-state index contributed by atoms with van der Waals surface area (Å²) in [5.41, 5.74) is 1.44. The van der Waals surface area contributed by atoms with Crippen LogP contribution in [0.2, 0.25) is 0 Å². The zero-order valence-electron chi connectivity index (χ0n) is 12.9. The molecule has 2 unspecified atom stereocenters. The Bertz CT molecular complexity index is 367. The molecular formula is C17H30N2. The van der Waals surface area contributed by atoms with Gasteiger partial charge in [-0.15, -0.1) is 0 Å². The van der Waals surface area contributed by atoms with Gasteiger partial charge in [0.05, 0.1) is 0 Å². The van der Waals surface area contributed by atoms with Gasteiger partial charge in [0, 0.05) is 31.0 Å². The van der Waals surface area contributed by atoms with E-state index in [0.717, 1.165) is 31.0 Å². The van der Waals surface area contributed by atoms with Crippen molar-refractivity contribution >= 4 is 0 Å². The third-order valence-corrected chi connectivity index (χ3v) is 4.61. The van der Waals surface area contributed by atoms with Crippen molar-refractivity contribution in [2.75, 3.05) is 0 Å². The summed E-state index contributed by atoms with van der Waals surface area (Å²) in [6.45, 7) is 9.17. The highest BCUT2D eigenvalue weighted by atomic mass is 15.0. The Morgan fingerprint density at radius 1 is 1.32 bits per heavy atom. The first-order valence-corrected chi connectivity index (χ1v) is 8.09. The van der Waals surface area contributed by atoms with Gasteiger partial charge in [-0.1, -0.05) is 33.6 Å². The largest absolute Gasteiger partial charge is 0.350 e. The molecule has 2 rings (SSSR count). The van der Waals surface area contributed by atoms with Gasteiger partial charge in [-0.25, -0.2) is 0 Å². The first-order valence-electron chi connectivity index (χ1n) is 8.09. The van der Waals surface area contributed by atoms with Gasteiger partial charge in [0.2, 0.25) is 0 Å². The van der Waals surface area contributed by atoms with Gasteiger partial charge in [0.1, 0.15) is 0 Å². The highest BCUT2D eigenvalue weighted by molar-refractivity contribution is 5.07. The van der Waals surface area contributed by atoms with E-state index in [-0.39, 0.29) is 0 Å². The molecule has 1 aliphatic carbocycles. The van der Waals surface area contributed by atoms with Crippen molar-refractivity contribution in [2.45, 2.75) is 72.0 Å². The molecule has 1 aromatic rings. The van der Waals surface area contributed by atoms with E-state index >= 15 is 0 Å². The Labute approximate surface area is 118 Å². The van der Waals surface area contributed by atoms with Gasteiger partial charge in [0.15, 0.2) is 0 Å². The van der Waals surface area contributed by atoms with Crippen LogP contribution in [0.5, 0.6) is 0 Å². The third-order valence-electron chi connectivity index (χ3n) is 4.61. The van der Waals surface area contributed by atoms with Crippen LogP contribution in [-0.4, -0.2) is 10.6 Å². The van der Waals surface area contributed by atoms with Crippen molar-refractivity contribution in [3.63, 3.8) is 0 Å². The molecule has 0 aromatic carbocycles. The molecule has 0 amide bonds. The fourth-order valence-corrected chi connectivity index (χ4v) is 3.52. The highest BCUT2D eigenvalue weighted by Gasteiger charge is 2.26. The molecule has 1 saturated carbocycles. The summed E-state index contributed by atoms with van der Waals surface area (Å²) in [7, 11) is 0. The summed E-state index contributed by atoms with van der Waals surface area (Å²) in [4.78, 5) is 0. The first-order chi connectivity index (χ1) is 9.22. The molecule has 1 aliphatic rings. The summed E-state index contributed by atoms with van der Waals surface area (Å²) in [6.07, 6.45) is 9.01. The number of nitrogens with zero attached hydrogens (tertiary/aromatic N) is 1. The molecule has 0 bridgehead atoms. The molecule has 1 heterocycles. The van der Waals surface area contributed by atoms with Gasteiger partial charge in [-0.2, -0.15) is 0 Å². The van der Waals surface area contributed by atoms with Crippen LogP contribution < -0.4 is 5.32 Å². The number of rotatable bonds is 6. The standard InChI is InChI=1S/C17H30N2/c1-4-11-19-12-7-8-15(19)13-18-17-10-6-5-9-16(17)14(2)3/h7-8,12,14,16-18H,4-6,9-11,13H2,1-3H3. The van der Waals surface area contributed by atoms with E-state index < -0.39 is 0 Å². The van der Waals surface area contributed by atoms with Crippen molar-refractivity contribution < 1.29 is 0 Å². The molecule has 19 heavy (non-hydrogen) atoms. The minimum Gasteiger partial charge on any atom is -0.350 e. The van der Waals surface area contributed by atoms with Gasteiger partial charge < -0.3 is 9.88 Å². The Hall–Kier alpha value is -0.760. The van der Waals surface area contributed by atoms with E-state index in [1.807, 2.05) is 0 Å². The maximum Gasteiger partial charge on any atom is 0.0361 e. The molecule has 1 fully saturated rings. The lowest BCUT2D eigenvalue weighted by Gasteiger charge is -2.35. The molecular weight excluding hydrogens is 232 g/mol. The summed E-state index contributed by atoms with van der Waals surface area (Å²) in [5.74, 6) is 1.67. The van der Waals surface area contributed by atoms with Crippen molar-refractivity contribution in [3.8, 4) is 0 Å². The smallest absolute Gasteiger partial charge is 0.0361 e. The first kappa shape index (κ1) is 14.6. The molecule has 2 nitrogen and oxygen atoms in total. The van der Waals surface area contributed by atoms with Crippen molar-refractivity contribution in [1.82, 2.24) is 9.88 Å². The number of hydrogen-bond donors (Lipinski definition) is 1. The summed E-state index contributed by atoms with van der Waals surface area (Å²) in [6, 6.07) is 5.15. The van der Waals surface area contributed by atoms with Crippen LogP contribution in [0.3, 0.4) is 0 Å². The lowest BCUT2D eigenvalue weighted by Crippen LogP contribution is -2.40. The molecule has 1 N–H and O–H groups in total. The minimum absolute atomic E-state index is 0.721. The highest BCUT2D eigenvalue weighted by Crippen LogP contribution is 2.30. The van der Waals surface area contributed by atoms with Crippen LogP contribution in [-0.2, 0) is 13.1 Å². The summed E-state index contributed by atoms with van der Waals surface area (Å²) >= 11 is 0. The lowest BCUT2D eigenvalue weighted by molar-refractivity contribution is 0.203. The quantitative estimate of drug-likeness (QED) is 0.813. The van der Waals surface area contributed by atoms with E-state index in [1.165, 1.54) is 37.8 Å². The maximum atomic E-state index is 3.83. The third kappa shape index (κ3) is 3.85. The number of aromatic nitrogens is 1. The molecule has 0 spiro atoms. The van der Waals surface area contributed by atoms with Crippen LogP contribution in [0.1, 0.15) is 58.6 Å². The minimum atomic E-state index is 0.721.